The zero-order valence-electron chi connectivity index (χ0n) is 18.3. The molecule has 3 aliphatic carbocycles. The Hall–Kier alpha value is -0.0400. The quantitative estimate of drug-likeness (QED) is 0.578. The fourth-order valence-corrected chi connectivity index (χ4v) is 8.69. The van der Waals surface area contributed by atoms with E-state index in [0.717, 1.165) is 41.5 Å². The molecule has 1 N–H and O–H groups in total. The van der Waals surface area contributed by atoms with E-state index in [1.165, 1.54) is 64.3 Å². The van der Waals surface area contributed by atoms with Gasteiger partial charge in [0, 0.05) is 6.04 Å². The van der Waals surface area contributed by atoms with Crippen LogP contribution >= 0.6 is 0 Å². The lowest BCUT2D eigenvalue weighted by molar-refractivity contribution is -0.0774. The third-order valence-electron chi connectivity index (χ3n) is 10.1. The highest BCUT2D eigenvalue weighted by Gasteiger charge is 2.60. The van der Waals surface area contributed by atoms with E-state index in [0.29, 0.717) is 10.8 Å². The van der Waals surface area contributed by atoms with Crippen LogP contribution in [0.15, 0.2) is 0 Å². The molecule has 1 heteroatoms. The van der Waals surface area contributed by atoms with Crippen molar-refractivity contribution in [3.63, 3.8) is 0 Å². The lowest BCUT2D eigenvalue weighted by atomic mass is 9.48. The molecule has 0 unspecified atom stereocenters. The van der Waals surface area contributed by atoms with Gasteiger partial charge in [0.25, 0.3) is 0 Å². The van der Waals surface area contributed by atoms with E-state index in [1.807, 2.05) is 0 Å². The Morgan fingerprint density at radius 3 is 2.38 bits per heavy atom. The molecule has 1 saturated heterocycles. The molecule has 0 aromatic heterocycles. The van der Waals surface area contributed by atoms with Crippen LogP contribution in [0.1, 0.15) is 98.8 Å². The average molecular weight is 360 g/mol. The second-order valence-electron chi connectivity index (χ2n) is 11.7. The van der Waals surface area contributed by atoms with E-state index < -0.39 is 0 Å². The molecule has 1 nitrogen and oxygen atoms in total. The Morgan fingerprint density at radius 1 is 0.846 bits per heavy atom. The van der Waals surface area contributed by atoms with Crippen LogP contribution in [0.5, 0.6) is 0 Å². The van der Waals surface area contributed by atoms with E-state index in [1.54, 1.807) is 6.42 Å². The van der Waals surface area contributed by atoms with Crippen LogP contribution in [0, 0.1) is 46.3 Å². The van der Waals surface area contributed by atoms with E-state index in [9.17, 15) is 0 Å². The Labute approximate surface area is 163 Å². The maximum Gasteiger partial charge on any atom is 0.0124 e. The van der Waals surface area contributed by atoms with Crippen LogP contribution in [0.4, 0.5) is 0 Å². The van der Waals surface area contributed by atoms with Crippen molar-refractivity contribution in [3.05, 3.63) is 0 Å². The van der Waals surface area contributed by atoms with Gasteiger partial charge in [-0.05, 0) is 97.8 Å². The first-order valence-electron chi connectivity index (χ1n) is 12.1. The van der Waals surface area contributed by atoms with Crippen molar-refractivity contribution >= 4 is 0 Å². The largest absolute Gasteiger partial charge is 0.313 e. The summed E-state index contributed by atoms with van der Waals surface area (Å²) < 4.78 is 0. The predicted octanol–water partition coefficient (Wildman–Crippen LogP) is 6.67. The van der Waals surface area contributed by atoms with E-state index in [4.69, 9.17) is 0 Å². The maximum absolute atomic E-state index is 3.86. The summed E-state index contributed by atoms with van der Waals surface area (Å²) in [5, 5.41) is 3.86. The third-order valence-corrected chi connectivity index (χ3v) is 10.1. The zero-order valence-corrected chi connectivity index (χ0v) is 18.3. The van der Waals surface area contributed by atoms with Gasteiger partial charge in [0.1, 0.15) is 0 Å². The lowest BCUT2D eigenvalue weighted by Crippen LogP contribution is -2.54. The van der Waals surface area contributed by atoms with Crippen molar-refractivity contribution in [1.29, 1.82) is 0 Å². The fraction of sp³-hybridized carbons (Fsp3) is 1.00. The van der Waals surface area contributed by atoms with Gasteiger partial charge in [-0.25, -0.2) is 0 Å². The van der Waals surface area contributed by atoms with Crippen molar-refractivity contribution in [1.82, 2.24) is 5.32 Å². The van der Waals surface area contributed by atoms with Crippen molar-refractivity contribution in [3.8, 4) is 0 Å². The maximum atomic E-state index is 3.86. The molecular weight excluding hydrogens is 314 g/mol. The summed E-state index contributed by atoms with van der Waals surface area (Å²) >= 11 is 0. The first-order valence-corrected chi connectivity index (χ1v) is 12.1. The molecule has 0 radical (unpaired) electrons. The summed E-state index contributed by atoms with van der Waals surface area (Å²) in [5.41, 5.74) is 1.28. The Kier molecular flexibility index (Phi) is 5.26. The second-order valence-corrected chi connectivity index (χ2v) is 11.7. The van der Waals surface area contributed by atoms with Gasteiger partial charge in [-0.1, -0.05) is 53.9 Å². The van der Waals surface area contributed by atoms with Crippen LogP contribution in [0.25, 0.3) is 0 Å². The topological polar surface area (TPSA) is 12.0 Å². The van der Waals surface area contributed by atoms with Gasteiger partial charge in [0.2, 0.25) is 0 Å². The molecule has 0 amide bonds. The van der Waals surface area contributed by atoms with Crippen molar-refractivity contribution in [2.45, 2.75) is 105 Å². The molecule has 0 aromatic rings. The van der Waals surface area contributed by atoms with Gasteiger partial charge in [-0.3, -0.25) is 0 Å². The summed E-state index contributed by atoms with van der Waals surface area (Å²) in [6.07, 6.45) is 14.9. The summed E-state index contributed by atoms with van der Waals surface area (Å²) in [6.45, 7) is 14.0. The molecule has 4 rings (SSSR count). The molecule has 150 valence electrons. The number of hydrogen-bond acceptors (Lipinski definition) is 1. The van der Waals surface area contributed by atoms with Gasteiger partial charge >= 0.3 is 0 Å². The van der Waals surface area contributed by atoms with E-state index in [-0.39, 0.29) is 0 Å². The van der Waals surface area contributed by atoms with Crippen LogP contribution in [0.2, 0.25) is 0 Å². The molecule has 1 heterocycles. The summed E-state index contributed by atoms with van der Waals surface area (Å²) in [5.74, 6) is 5.93. The Balaban J connectivity index is 1.46. The normalized spacial score (nSPS) is 48.9. The van der Waals surface area contributed by atoms with Crippen LogP contribution in [0.3, 0.4) is 0 Å². The van der Waals surface area contributed by atoms with Gasteiger partial charge in [0.15, 0.2) is 0 Å². The molecule has 26 heavy (non-hydrogen) atoms. The van der Waals surface area contributed by atoms with Gasteiger partial charge in [-0.15, -0.1) is 0 Å². The number of rotatable bonds is 5. The third kappa shape index (κ3) is 2.99. The first-order chi connectivity index (χ1) is 12.4. The minimum Gasteiger partial charge on any atom is -0.313 e. The molecule has 1 aliphatic heterocycles. The average Bonchev–Trinajstić information content (AvgIpc) is 3.13. The standard InChI is InChI=1S/C25H45N/c1-17(2)7-6-8-18(3)20-10-11-21-19-9-12-23-25(5,15-16-26-23)22(19)13-14-24(20,21)4/h17-23,26H,6-16H2,1-5H3/t18-,19-,20-,21+,22+,23-,24-,25+/m0/s1. The van der Waals surface area contributed by atoms with Gasteiger partial charge in [0.05, 0.1) is 0 Å². The monoisotopic (exact) mass is 359 g/mol. The highest BCUT2D eigenvalue weighted by atomic mass is 15.0. The second kappa shape index (κ2) is 7.09. The lowest BCUT2D eigenvalue weighted by Gasteiger charge is -2.58. The molecule has 4 aliphatic rings. The molecule has 0 spiro atoms. The molecular formula is C25H45N. The number of nitrogens with one attached hydrogen (secondary N) is 1. The minimum atomic E-state index is 0.616. The first kappa shape index (κ1) is 19.3. The van der Waals surface area contributed by atoms with Crippen molar-refractivity contribution in [2.24, 2.45) is 46.3 Å². The fourth-order valence-electron chi connectivity index (χ4n) is 8.69. The summed E-state index contributed by atoms with van der Waals surface area (Å²) in [4.78, 5) is 0. The van der Waals surface area contributed by atoms with Crippen LogP contribution in [-0.2, 0) is 0 Å². The smallest absolute Gasteiger partial charge is 0.0124 e. The van der Waals surface area contributed by atoms with E-state index in [2.05, 4.69) is 39.9 Å². The Morgan fingerprint density at radius 2 is 1.62 bits per heavy atom. The van der Waals surface area contributed by atoms with Crippen molar-refractivity contribution < 1.29 is 0 Å². The summed E-state index contributed by atoms with van der Waals surface area (Å²) in [6, 6.07) is 0.834. The highest BCUT2D eigenvalue weighted by Crippen LogP contribution is 2.66. The SMILES string of the molecule is CC(C)CCC[C@H](C)[C@@H]1CC[C@@H]2[C@@H]3CC[C@@H]4NCC[C@]4(C)[C@@H]3CC[C@]21C. The molecule has 8 atom stereocenters. The zero-order chi connectivity index (χ0) is 18.5. The van der Waals surface area contributed by atoms with Crippen LogP contribution in [-0.4, -0.2) is 12.6 Å². The Bertz CT molecular complexity index is 498. The summed E-state index contributed by atoms with van der Waals surface area (Å²) in [7, 11) is 0. The van der Waals surface area contributed by atoms with Crippen molar-refractivity contribution in [2.75, 3.05) is 6.54 Å². The number of hydrogen-bond donors (Lipinski definition) is 1. The van der Waals surface area contributed by atoms with Gasteiger partial charge in [-0.2, -0.15) is 0 Å². The number of fused-ring (bicyclic) bond motifs is 5. The molecule has 0 aromatic carbocycles. The van der Waals surface area contributed by atoms with E-state index >= 15 is 0 Å². The molecule has 0 bridgehead atoms. The molecule has 4 fully saturated rings. The van der Waals surface area contributed by atoms with Gasteiger partial charge < -0.3 is 5.32 Å². The van der Waals surface area contributed by atoms with Crippen LogP contribution < -0.4 is 5.32 Å². The highest BCUT2D eigenvalue weighted by molar-refractivity contribution is 5.11. The minimum absolute atomic E-state index is 0.616. The molecule has 3 saturated carbocycles. The predicted molar refractivity (Wildman–Crippen MR) is 112 cm³/mol.